The van der Waals surface area contributed by atoms with Crippen molar-refractivity contribution in [1.82, 2.24) is 5.32 Å². The number of hydrogen-bond acceptors (Lipinski definition) is 4. The SMILES string of the molecule is CCOc1cccc(CNCc2cscc2C)c1OC. The minimum absolute atomic E-state index is 0.640. The van der Waals surface area contributed by atoms with Crippen LogP contribution in [0.3, 0.4) is 0 Å². The fourth-order valence-corrected chi connectivity index (χ4v) is 2.96. The van der Waals surface area contributed by atoms with Gasteiger partial charge in [0.05, 0.1) is 13.7 Å². The Morgan fingerprint density at radius 1 is 1.15 bits per heavy atom. The second-order valence-electron chi connectivity index (χ2n) is 4.57. The first-order valence-electron chi connectivity index (χ1n) is 6.77. The maximum Gasteiger partial charge on any atom is 0.165 e. The third kappa shape index (κ3) is 3.52. The van der Waals surface area contributed by atoms with Gasteiger partial charge in [-0.3, -0.25) is 0 Å². The number of methoxy groups -OCH3 is 1. The molecule has 0 aliphatic carbocycles. The fourth-order valence-electron chi connectivity index (χ4n) is 2.10. The molecule has 0 radical (unpaired) electrons. The van der Waals surface area contributed by atoms with Crippen LogP contribution in [0.2, 0.25) is 0 Å². The zero-order chi connectivity index (χ0) is 14.4. The summed E-state index contributed by atoms with van der Waals surface area (Å²) in [6.45, 7) is 6.39. The topological polar surface area (TPSA) is 30.5 Å². The van der Waals surface area contributed by atoms with E-state index in [-0.39, 0.29) is 0 Å². The number of hydrogen-bond donors (Lipinski definition) is 1. The highest BCUT2D eigenvalue weighted by Gasteiger charge is 2.09. The van der Waals surface area contributed by atoms with Crippen LogP contribution >= 0.6 is 11.3 Å². The first kappa shape index (κ1) is 14.9. The van der Waals surface area contributed by atoms with Gasteiger partial charge < -0.3 is 14.8 Å². The Labute approximate surface area is 124 Å². The monoisotopic (exact) mass is 291 g/mol. The van der Waals surface area contributed by atoms with Crippen molar-refractivity contribution in [2.75, 3.05) is 13.7 Å². The summed E-state index contributed by atoms with van der Waals surface area (Å²) in [7, 11) is 1.68. The van der Waals surface area contributed by atoms with Crippen LogP contribution in [-0.4, -0.2) is 13.7 Å². The summed E-state index contributed by atoms with van der Waals surface area (Å²) in [4.78, 5) is 0. The molecule has 1 heterocycles. The smallest absolute Gasteiger partial charge is 0.165 e. The van der Waals surface area contributed by atoms with Crippen LogP contribution in [0.15, 0.2) is 29.0 Å². The fraction of sp³-hybridized carbons (Fsp3) is 0.375. The van der Waals surface area contributed by atoms with E-state index in [1.807, 2.05) is 19.1 Å². The molecule has 0 amide bonds. The number of ether oxygens (including phenoxy) is 2. The molecule has 2 aromatic rings. The summed E-state index contributed by atoms with van der Waals surface area (Å²) in [6, 6.07) is 6.00. The number of nitrogens with one attached hydrogen (secondary N) is 1. The van der Waals surface area contributed by atoms with Crippen LogP contribution in [-0.2, 0) is 13.1 Å². The minimum atomic E-state index is 0.640. The molecule has 20 heavy (non-hydrogen) atoms. The van der Waals surface area contributed by atoms with Crippen LogP contribution in [0, 0.1) is 6.92 Å². The lowest BCUT2D eigenvalue weighted by Crippen LogP contribution is -2.13. The van der Waals surface area contributed by atoms with Gasteiger partial charge in [0.1, 0.15) is 0 Å². The molecule has 2 rings (SSSR count). The Kier molecular flexibility index (Phi) is 5.44. The van der Waals surface area contributed by atoms with Crippen molar-refractivity contribution >= 4 is 11.3 Å². The van der Waals surface area contributed by atoms with Gasteiger partial charge in [0.15, 0.2) is 11.5 Å². The van der Waals surface area contributed by atoms with E-state index in [0.29, 0.717) is 6.61 Å². The van der Waals surface area contributed by atoms with Crippen LogP contribution < -0.4 is 14.8 Å². The standard InChI is InChI=1S/C16H21NO2S/c1-4-19-15-7-5-6-13(16(15)18-3)8-17-9-14-11-20-10-12(14)2/h5-7,10-11,17H,4,8-9H2,1-3H3. The molecule has 0 bridgehead atoms. The van der Waals surface area contributed by atoms with Gasteiger partial charge in [-0.05, 0) is 41.8 Å². The largest absolute Gasteiger partial charge is 0.493 e. The highest BCUT2D eigenvalue weighted by molar-refractivity contribution is 7.08. The Morgan fingerprint density at radius 3 is 2.60 bits per heavy atom. The van der Waals surface area contributed by atoms with Crippen molar-refractivity contribution < 1.29 is 9.47 Å². The van der Waals surface area contributed by atoms with E-state index >= 15 is 0 Å². The summed E-state index contributed by atoms with van der Waals surface area (Å²) in [5, 5.41) is 7.82. The minimum Gasteiger partial charge on any atom is -0.493 e. The van der Waals surface area contributed by atoms with E-state index in [1.54, 1.807) is 18.4 Å². The molecule has 0 saturated carbocycles. The van der Waals surface area contributed by atoms with Gasteiger partial charge in [0.25, 0.3) is 0 Å². The predicted octanol–water partition coefficient (Wildman–Crippen LogP) is 3.75. The quantitative estimate of drug-likeness (QED) is 0.842. The van der Waals surface area contributed by atoms with Crippen LogP contribution in [0.1, 0.15) is 23.6 Å². The second-order valence-corrected chi connectivity index (χ2v) is 5.31. The number of rotatable bonds is 7. The maximum atomic E-state index is 5.59. The summed E-state index contributed by atoms with van der Waals surface area (Å²) >= 11 is 1.74. The van der Waals surface area contributed by atoms with E-state index in [4.69, 9.17) is 9.47 Å². The third-order valence-corrected chi connectivity index (χ3v) is 4.07. The van der Waals surface area contributed by atoms with E-state index in [1.165, 1.54) is 11.1 Å². The normalized spacial score (nSPS) is 10.6. The van der Waals surface area contributed by atoms with Gasteiger partial charge in [0, 0.05) is 18.7 Å². The van der Waals surface area contributed by atoms with Crippen LogP contribution in [0.25, 0.3) is 0 Å². The van der Waals surface area contributed by atoms with Gasteiger partial charge in [0.2, 0.25) is 0 Å². The number of thiophene rings is 1. The molecule has 0 aliphatic rings. The Morgan fingerprint density at radius 2 is 1.95 bits per heavy atom. The van der Waals surface area contributed by atoms with E-state index < -0.39 is 0 Å². The molecule has 1 N–H and O–H groups in total. The second kappa shape index (κ2) is 7.31. The first-order chi connectivity index (χ1) is 9.76. The summed E-state index contributed by atoms with van der Waals surface area (Å²) in [5.74, 6) is 1.63. The van der Waals surface area contributed by atoms with Crippen LogP contribution in [0.5, 0.6) is 11.5 Å². The molecule has 4 heteroatoms. The lowest BCUT2D eigenvalue weighted by molar-refractivity contribution is 0.308. The zero-order valence-corrected chi connectivity index (χ0v) is 13.0. The van der Waals surface area contributed by atoms with Crippen molar-refractivity contribution in [2.24, 2.45) is 0 Å². The molecule has 0 fully saturated rings. The lowest BCUT2D eigenvalue weighted by atomic mass is 10.1. The zero-order valence-electron chi connectivity index (χ0n) is 12.2. The first-order valence-corrected chi connectivity index (χ1v) is 7.71. The van der Waals surface area contributed by atoms with Crippen molar-refractivity contribution in [3.8, 4) is 11.5 Å². The molecule has 108 valence electrons. The van der Waals surface area contributed by atoms with Gasteiger partial charge in [-0.25, -0.2) is 0 Å². The average Bonchev–Trinajstić information content (AvgIpc) is 2.85. The van der Waals surface area contributed by atoms with Crippen molar-refractivity contribution in [3.05, 3.63) is 45.6 Å². The molecule has 3 nitrogen and oxygen atoms in total. The molecule has 1 aromatic heterocycles. The van der Waals surface area contributed by atoms with Crippen molar-refractivity contribution in [3.63, 3.8) is 0 Å². The van der Waals surface area contributed by atoms with E-state index in [2.05, 4.69) is 29.1 Å². The van der Waals surface area contributed by atoms with E-state index in [0.717, 1.165) is 30.2 Å². The van der Waals surface area contributed by atoms with Crippen molar-refractivity contribution in [1.29, 1.82) is 0 Å². The van der Waals surface area contributed by atoms with Gasteiger partial charge in [-0.2, -0.15) is 11.3 Å². The summed E-state index contributed by atoms with van der Waals surface area (Å²) in [5.41, 5.74) is 3.82. The van der Waals surface area contributed by atoms with Gasteiger partial charge in [-0.15, -0.1) is 0 Å². The Bertz CT molecular complexity index is 551. The third-order valence-electron chi connectivity index (χ3n) is 3.16. The number of para-hydroxylation sites is 1. The summed E-state index contributed by atoms with van der Waals surface area (Å²) < 4.78 is 11.1. The molecule has 1 aromatic carbocycles. The molecule has 0 spiro atoms. The molecule has 0 atom stereocenters. The van der Waals surface area contributed by atoms with Crippen LogP contribution in [0.4, 0.5) is 0 Å². The highest BCUT2D eigenvalue weighted by atomic mass is 32.1. The molecule has 0 unspecified atom stereocenters. The highest BCUT2D eigenvalue weighted by Crippen LogP contribution is 2.31. The molecule has 0 aliphatic heterocycles. The predicted molar refractivity (Wildman–Crippen MR) is 83.8 cm³/mol. The number of benzene rings is 1. The van der Waals surface area contributed by atoms with Gasteiger partial charge in [-0.1, -0.05) is 12.1 Å². The average molecular weight is 291 g/mol. The Hall–Kier alpha value is -1.52. The number of aryl methyl sites for hydroxylation is 1. The molecular formula is C16H21NO2S. The maximum absolute atomic E-state index is 5.59. The molecule has 0 saturated heterocycles. The Balaban J connectivity index is 2.02. The summed E-state index contributed by atoms with van der Waals surface area (Å²) in [6.07, 6.45) is 0. The lowest BCUT2D eigenvalue weighted by Gasteiger charge is -2.14. The van der Waals surface area contributed by atoms with Gasteiger partial charge >= 0.3 is 0 Å². The van der Waals surface area contributed by atoms with Crippen molar-refractivity contribution in [2.45, 2.75) is 26.9 Å². The molecular weight excluding hydrogens is 270 g/mol. The van der Waals surface area contributed by atoms with E-state index in [9.17, 15) is 0 Å².